The summed E-state index contributed by atoms with van der Waals surface area (Å²) < 4.78 is 42.9. The molecule has 1 aliphatic heterocycles. The summed E-state index contributed by atoms with van der Waals surface area (Å²) in [6.45, 7) is -0.227. The molecule has 6 heteroatoms. The molecule has 0 radical (unpaired) electrons. The second kappa shape index (κ2) is 3.94. The Morgan fingerprint density at radius 1 is 1.41 bits per heavy atom. The molecule has 1 aliphatic rings. The first-order valence-electron chi connectivity index (χ1n) is 4.94. The quantitative estimate of drug-likeness (QED) is 0.827. The monoisotopic (exact) mass is 246 g/mol. The van der Waals surface area contributed by atoms with Crippen LogP contribution < -0.4 is 4.74 Å². The summed E-state index contributed by atoms with van der Waals surface area (Å²) in [4.78, 5) is 10.7. The van der Waals surface area contributed by atoms with Gasteiger partial charge in [0, 0.05) is 0 Å². The zero-order valence-electron chi connectivity index (χ0n) is 8.62. The predicted molar refractivity (Wildman–Crippen MR) is 51.8 cm³/mol. The van der Waals surface area contributed by atoms with Crippen molar-refractivity contribution in [2.24, 2.45) is 5.92 Å². The van der Waals surface area contributed by atoms with Crippen molar-refractivity contribution in [3.63, 3.8) is 0 Å². The van der Waals surface area contributed by atoms with Crippen LogP contribution in [0, 0.1) is 5.92 Å². The van der Waals surface area contributed by atoms with Gasteiger partial charge in [-0.2, -0.15) is 13.2 Å². The zero-order valence-corrected chi connectivity index (χ0v) is 8.62. The van der Waals surface area contributed by atoms with E-state index >= 15 is 0 Å². The highest BCUT2D eigenvalue weighted by molar-refractivity contribution is 5.71. The van der Waals surface area contributed by atoms with Crippen molar-refractivity contribution < 1.29 is 27.8 Å². The number of halogens is 3. The van der Waals surface area contributed by atoms with Gasteiger partial charge in [0.25, 0.3) is 0 Å². The van der Waals surface area contributed by atoms with E-state index in [4.69, 9.17) is 9.84 Å². The van der Waals surface area contributed by atoms with E-state index in [2.05, 4.69) is 0 Å². The molecule has 1 unspecified atom stereocenters. The van der Waals surface area contributed by atoms with Crippen molar-refractivity contribution in [2.45, 2.75) is 12.6 Å². The van der Waals surface area contributed by atoms with Crippen LogP contribution in [0.1, 0.15) is 11.1 Å². The largest absolute Gasteiger partial charge is 0.492 e. The highest BCUT2D eigenvalue weighted by Crippen LogP contribution is 2.40. The third kappa shape index (κ3) is 2.20. The van der Waals surface area contributed by atoms with Gasteiger partial charge in [0.2, 0.25) is 0 Å². The highest BCUT2D eigenvalue weighted by atomic mass is 19.4. The summed E-state index contributed by atoms with van der Waals surface area (Å²) in [6.07, 6.45) is -4.42. The molecular weight excluding hydrogens is 237 g/mol. The number of hydrogen-bond donors (Lipinski definition) is 1. The van der Waals surface area contributed by atoms with Gasteiger partial charge in [-0.3, -0.25) is 4.79 Å². The zero-order chi connectivity index (χ0) is 12.6. The van der Waals surface area contributed by atoms with Crippen LogP contribution in [0.2, 0.25) is 0 Å². The van der Waals surface area contributed by atoms with Gasteiger partial charge in [-0.1, -0.05) is 12.1 Å². The first-order valence-corrected chi connectivity index (χ1v) is 4.94. The molecule has 0 aromatic heterocycles. The van der Waals surface area contributed by atoms with E-state index in [1.165, 1.54) is 12.1 Å². The van der Waals surface area contributed by atoms with E-state index in [1.54, 1.807) is 0 Å². The second-order valence-corrected chi connectivity index (χ2v) is 3.84. The molecule has 1 atom stereocenters. The fraction of sp³-hybridized carbons (Fsp3) is 0.364. The molecule has 0 saturated carbocycles. The van der Waals surface area contributed by atoms with E-state index in [9.17, 15) is 18.0 Å². The fourth-order valence-electron chi connectivity index (χ4n) is 1.81. The molecule has 17 heavy (non-hydrogen) atoms. The normalized spacial score (nSPS) is 19.4. The van der Waals surface area contributed by atoms with Crippen LogP contribution in [-0.2, 0) is 17.4 Å². The number of aliphatic carboxylic acids is 1. The maximum atomic E-state index is 12.6. The van der Waals surface area contributed by atoms with E-state index in [0.717, 1.165) is 6.07 Å². The number of ether oxygens (including phenoxy) is 1. The number of alkyl halides is 3. The van der Waals surface area contributed by atoms with Crippen LogP contribution in [-0.4, -0.2) is 17.7 Å². The summed E-state index contributed by atoms with van der Waals surface area (Å²) >= 11 is 0. The minimum absolute atomic E-state index is 0.0641. The number of carbonyl (C=O) groups is 1. The third-order valence-electron chi connectivity index (χ3n) is 2.65. The van der Waals surface area contributed by atoms with Crippen LogP contribution in [0.25, 0.3) is 0 Å². The highest BCUT2D eigenvalue weighted by Gasteiger charge is 2.37. The number of rotatable bonds is 1. The maximum absolute atomic E-state index is 12.6. The third-order valence-corrected chi connectivity index (χ3v) is 2.65. The van der Waals surface area contributed by atoms with Crippen molar-refractivity contribution >= 4 is 5.97 Å². The molecular formula is C11H9F3O3. The number of hydrogen-bond acceptors (Lipinski definition) is 2. The second-order valence-electron chi connectivity index (χ2n) is 3.84. The van der Waals surface area contributed by atoms with E-state index in [1.807, 2.05) is 0 Å². The molecule has 0 spiro atoms. The Balaban J connectivity index is 2.39. The minimum Gasteiger partial charge on any atom is -0.492 e. The van der Waals surface area contributed by atoms with Gasteiger partial charge in [-0.25, -0.2) is 0 Å². The van der Waals surface area contributed by atoms with E-state index < -0.39 is 23.6 Å². The smallest absolute Gasteiger partial charge is 0.419 e. The first kappa shape index (κ1) is 11.8. The summed E-state index contributed by atoms with van der Waals surface area (Å²) in [5, 5.41) is 8.79. The number of benzene rings is 1. The Hall–Kier alpha value is -1.72. The molecule has 1 aromatic rings. The predicted octanol–water partition coefficient (Wildman–Crippen LogP) is 2.34. The van der Waals surface area contributed by atoms with Crippen molar-refractivity contribution in [2.75, 3.05) is 6.61 Å². The van der Waals surface area contributed by atoms with Crippen molar-refractivity contribution in [3.05, 3.63) is 29.3 Å². The van der Waals surface area contributed by atoms with Gasteiger partial charge in [-0.15, -0.1) is 0 Å². The molecule has 0 saturated heterocycles. The number of para-hydroxylation sites is 1. The van der Waals surface area contributed by atoms with Crippen molar-refractivity contribution in [1.29, 1.82) is 0 Å². The molecule has 2 rings (SSSR count). The first-order chi connectivity index (χ1) is 7.89. The Kier molecular flexibility index (Phi) is 2.73. The Bertz CT molecular complexity index is 454. The molecule has 0 aliphatic carbocycles. The van der Waals surface area contributed by atoms with Crippen molar-refractivity contribution in [1.82, 2.24) is 0 Å². The summed E-state index contributed by atoms with van der Waals surface area (Å²) in [6, 6.07) is 3.65. The SMILES string of the molecule is O=C(O)C1COc2c(cccc2C(F)(F)F)C1. The molecule has 1 aromatic carbocycles. The summed E-state index contributed by atoms with van der Waals surface area (Å²) in [5.41, 5.74) is -0.558. The van der Waals surface area contributed by atoms with Crippen LogP contribution in [0.3, 0.4) is 0 Å². The lowest BCUT2D eigenvalue weighted by Gasteiger charge is -2.25. The van der Waals surface area contributed by atoms with Crippen molar-refractivity contribution in [3.8, 4) is 5.75 Å². The fourth-order valence-corrected chi connectivity index (χ4v) is 1.81. The Morgan fingerprint density at radius 3 is 2.71 bits per heavy atom. The lowest BCUT2D eigenvalue weighted by Crippen LogP contribution is -2.29. The van der Waals surface area contributed by atoms with Gasteiger partial charge in [0.15, 0.2) is 0 Å². The summed E-state index contributed by atoms with van der Waals surface area (Å²) in [7, 11) is 0. The van der Waals surface area contributed by atoms with Gasteiger partial charge in [0.05, 0.1) is 11.5 Å². The Morgan fingerprint density at radius 2 is 2.12 bits per heavy atom. The number of carboxylic acids is 1. The molecule has 0 fully saturated rings. The van der Waals surface area contributed by atoms with Crippen LogP contribution in [0.4, 0.5) is 13.2 Å². The number of carboxylic acid groups (broad SMARTS) is 1. The average molecular weight is 246 g/mol. The van der Waals surface area contributed by atoms with Gasteiger partial charge < -0.3 is 9.84 Å². The van der Waals surface area contributed by atoms with Crippen LogP contribution in [0.15, 0.2) is 18.2 Å². The van der Waals surface area contributed by atoms with Gasteiger partial charge in [0.1, 0.15) is 12.4 Å². The molecule has 92 valence electrons. The number of fused-ring (bicyclic) bond motifs is 1. The van der Waals surface area contributed by atoms with Crippen LogP contribution >= 0.6 is 0 Å². The Labute approximate surface area is 94.8 Å². The molecule has 1 N–H and O–H groups in total. The average Bonchev–Trinajstić information content (AvgIpc) is 2.26. The van der Waals surface area contributed by atoms with E-state index in [-0.39, 0.29) is 18.8 Å². The van der Waals surface area contributed by atoms with Gasteiger partial charge >= 0.3 is 12.1 Å². The van der Waals surface area contributed by atoms with Gasteiger partial charge in [-0.05, 0) is 18.1 Å². The molecule has 0 amide bonds. The minimum atomic E-state index is -4.48. The van der Waals surface area contributed by atoms with Crippen LogP contribution in [0.5, 0.6) is 5.75 Å². The lowest BCUT2D eigenvalue weighted by atomic mass is 9.95. The summed E-state index contributed by atoms with van der Waals surface area (Å²) in [5.74, 6) is -2.09. The lowest BCUT2D eigenvalue weighted by molar-refractivity contribution is -0.143. The maximum Gasteiger partial charge on any atom is 0.419 e. The standard InChI is InChI=1S/C11H9F3O3/c12-11(13,14)8-3-1-2-6-4-7(10(15)16)5-17-9(6)8/h1-3,7H,4-5H2,(H,15,16). The molecule has 1 heterocycles. The molecule has 3 nitrogen and oxygen atoms in total. The van der Waals surface area contributed by atoms with E-state index in [0.29, 0.717) is 5.56 Å². The topological polar surface area (TPSA) is 46.5 Å². The molecule has 0 bridgehead atoms.